The number of hydrogen-bond acceptors (Lipinski definition) is 2. The van der Waals surface area contributed by atoms with Gasteiger partial charge in [-0.2, -0.15) is 5.10 Å². The van der Waals surface area contributed by atoms with Crippen molar-refractivity contribution in [3.63, 3.8) is 0 Å². The van der Waals surface area contributed by atoms with Gasteiger partial charge in [0.15, 0.2) is 0 Å². The Balaban J connectivity index is 2.25. The fraction of sp³-hybridized carbons (Fsp3) is 0.250. The molecule has 78 valence electrons. The van der Waals surface area contributed by atoms with Gasteiger partial charge in [0, 0.05) is 13.1 Å². The van der Waals surface area contributed by atoms with Gasteiger partial charge in [0.25, 0.3) is 0 Å². The van der Waals surface area contributed by atoms with Crippen molar-refractivity contribution in [3.05, 3.63) is 41.6 Å². The van der Waals surface area contributed by atoms with Crippen molar-refractivity contribution in [2.45, 2.75) is 13.8 Å². The summed E-state index contributed by atoms with van der Waals surface area (Å²) in [6, 6.07) is 7.90. The van der Waals surface area contributed by atoms with E-state index in [4.69, 9.17) is 4.74 Å². The van der Waals surface area contributed by atoms with E-state index in [-0.39, 0.29) is 0 Å². The first-order valence-electron chi connectivity index (χ1n) is 4.90. The number of ether oxygens (including phenoxy) is 1. The van der Waals surface area contributed by atoms with E-state index >= 15 is 0 Å². The lowest BCUT2D eigenvalue weighted by Gasteiger charge is -2.07. The normalized spacial score (nSPS) is 10.3. The van der Waals surface area contributed by atoms with Gasteiger partial charge in [0.1, 0.15) is 5.75 Å². The summed E-state index contributed by atoms with van der Waals surface area (Å²) in [5.74, 6) is 1.60. The van der Waals surface area contributed by atoms with Crippen molar-refractivity contribution in [1.82, 2.24) is 9.78 Å². The summed E-state index contributed by atoms with van der Waals surface area (Å²) in [4.78, 5) is 0. The predicted octanol–water partition coefficient (Wildman–Crippen LogP) is 2.83. The first-order valence-corrected chi connectivity index (χ1v) is 4.90. The molecule has 3 heteroatoms. The third kappa shape index (κ3) is 2.01. The maximum atomic E-state index is 5.69. The van der Waals surface area contributed by atoms with E-state index in [1.54, 1.807) is 10.9 Å². The van der Waals surface area contributed by atoms with Gasteiger partial charge in [0.2, 0.25) is 5.88 Å². The van der Waals surface area contributed by atoms with Gasteiger partial charge in [-0.25, -0.2) is 4.68 Å². The molecule has 0 N–H and O–H groups in total. The van der Waals surface area contributed by atoms with Crippen LogP contribution in [0, 0.1) is 13.8 Å². The van der Waals surface area contributed by atoms with E-state index < -0.39 is 0 Å². The number of hydrogen-bond donors (Lipinski definition) is 0. The first-order chi connectivity index (χ1) is 7.16. The van der Waals surface area contributed by atoms with Crippen molar-refractivity contribution in [3.8, 4) is 11.6 Å². The van der Waals surface area contributed by atoms with Crippen LogP contribution in [0.25, 0.3) is 0 Å². The van der Waals surface area contributed by atoms with E-state index in [2.05, 4.69) is 25.0 Å². The zero-order valence-corrected chi connectivity index (χ0v) is 9.19. The smallest absolute Gasteiger partial charge is 0.217 e. The number of rotatable bonds is 2. The van der Waals surface area contributed by atoms with Gasteiger partial charge in [-0.1, -0.05) is 6.07 Å². The highest BCUT2D eigenvalue weighted by Crippen LogP contribution is 2.22. The fourth-order valence-corrected chi connectivity index (χ4v) is 1.36. The Morgan fingerprint density at radius 2 is 1.93 bits per heavy atom. The van der Waals surface area contributed by atoms with Gasteiger partial charge in [-0.3, -0.25) is 0 Å². The standard InChI is InChI=1S/C12H14N2O/c1-9-4-5-11(8-10(9)2)15-12-6-7-13-14(12)3/h4-8H,1-3H3. The molecule has 3 nitrogen and oxygen atoms in total. The molecule has 15 heavy (non-hydrogen) atoms. The van der Waals surface area contributed by atoms with Crippen LogP contribution in [0.2, 0.25) is 0 Å². The molecular weight excluding hydrogens is 188 g/mol. The van der Waals surface area contributed by atoms with Crippen LogP contribution < -0.4 is 4.74 Å². The second-order valence-electron chi connectivity index (χ2n) is 3.64. The minimum Gasteiger partial charge on any atom is -0.439 e. The second-order valence-corrected chi connectivity index (χ2v) is 3.64. The van der Waals surface area contributed by atoms with Crippen molar-refractivity contribution in [1.29, 1.82) is 0 Å². The fourth-order valence-electron chi connectivity index (χ4n) is 1.36. The molecule has 1 heterocycles. The monoisotopic (exact) mass is 202 g/mol. The average molecular weight is 202 g/mol. The maximum absolute atomic E-state index is 5.69. The van der Waals surface area contributed by atoms with E-state index in [0.29, 0.717) is 0 Å². The van der Waals surface area contributed by atoms with Crippen LogP contribution in [-0.2, 0) is 7.05 Å². The molecule has 0 saturated carbocycles. The van der Waals surface area contributed by atoms with Crippen LogP contribution in [0.15, 0.2) is 30.5 Å². The molecule has 0 amide bonds. The van der Waals surface area contributed by atoms with Crippen LogP contribution in [0.5, 0.6) is 11.6 Å². The van der Waals surface area contributed by atoms with Crippen LogP contribution in [-0.4, -0.2) is 9.78 Å². The van der Waals surface area contributed by atoms with Gasteiger partial charge < -0.3 is 4.74 Å². The largest absolute Gasteiger partial charge is 0.439 e. The van der Waals surface area contributed by atoms with Crippen LogP contribution in [0.4, 0.5) is 0 Å². The molecule has 1 aromatic carbocycles. The Kier molecular flexibility index (Phi) is 2.46. The molecule has 0 spiro atoms. The van der Waals surface area contributed by atoms with Gasteiger partial charge in [-0.05, 0) is 37.1 Å². The molecule has 0 fully saturated rings. The van der Waals surface area contributed by atoms with E-state index in [9.17, 15) is 0 Å². The summed E-state index contributed by atoms with van der Waals surface area (Å²) in [5, 5.41) is 4.04. The Labute approximate surface area is 89.3 Å². The lowest BCUT2D eigenvalue weighted by Crippen LogP contribution is -1.95. The summed E-state index contributed by atoms with van der Waals surface area (Å²) in [6.45, 7) is 4.16. The van der Waals surface area contributed by atoms with E-state index in [0.717, 1.165) is 11.6 Å². The molecule has 1 aromatic heterocycles. The Morgan fingerprint density at radius 1 is 1.13 bits per heavy atom. The summed E-state index contributed by atoms with van der Waals surface area (Å²) in [6.07, 6.45) is 1.72. The molecular formula is C12H14N2O. The highest BCUT2D eigenvalue weighted by Gasteiger charge is 2.02. The number of benzene rings is 1. The SMILES string of the molecule is Cc1ccc(Oc2ccnn2C)cc1C. The molecule has 0 bridgehead atoms. The first kappa shape index (κ1) is 9.77. The van der Waals surface area contributed by atoms with E-state index in [1.165, 1.54) is 11.1 Å². The average Bonchev–Trinajstić information content (AvgIpc) is 2.59. The van der Waals surface area contributed by atoms with Crippen LogP contribution in [0.3, 0.4) is 0 Å². The molecule has 2 rings (SSSR count). The summed E-state index contributed by atoms with van der Waals surface area (Å²) < 4.78 is 7.39. The second kappa shape index (κ2) is 3.77. The molecule has 0 aliphatic heterocycles. The number of nitrogens with zero attached hydrogens (tertiary/aromatic N) is 2. The van der Waals surface area contributed by atoms with E-state index in [1.807, 2.05) is 25.2 Å². The summed E-state index contributed by atoms with van der Waals surface area (Å²) in [7, 11) is 1.86. The van der Waals surface area contributed by atoms with Crippen molar-refractivity contribution in [2.24, 2.45) is 7.05 Å². The minimum absolute atomic E-state index is 0.748. The highest BCUT2D eigenvalue weighted by molar-refractivity contribution is 5.35. The molecule has 0 radical (unpaired) electrons. The van der Waals surface area contributed by atoms with Crippen molar-refractivity contribution in [2.75, 3.05) is 0 Å². The minimum atomic E-state index is 0.748. The third-order valence-electron chi connectivity index (χ3n) is 2.48. The van der Waals surface area contributed by atoms with Gasteiger partial charge in [-0.15, -0.1) is 0 Å². The Morgan fingerprint density at radius 3 is 2.53 bits per heavy atom. The summed E-state index contributed by atoms with van der Waals surface area (Å²) >= 11 is 0. The molecule has 0 aliphatic carbocycles. The number of aryl methyl sites for hydroxylation is 3. The molecule has 0 atom stereocenters. The number of aromatic nitrogens is 2. The maximum Gasteiger partial charge on any atom is 0.217 e. The van der Waals surface area contributed by atoms with Crippen molar-refractivity contribution >= 4 is 0 Å². The summed E-state index contributed by atoms with van der Waals surface area (Å²) in [5.41, 5.74) is 2.50. The Hall–Kier alpha value is -1.77. The lowest BCUT2D eigenvalue weighted by atomic mass is 10.1. The zero-order valence-electron chi connectivity index (χ0n) is 9.19. The lowest BCUT2D eigenvalue weighted by molar-refractivity contribution is 0.430. The quantitative estimate of drug-likeness (QED) is 0.748. The van der Waals surface area contributed by atoms with Gasteiger partial charge in [0.05, 0.1) is 6.20 Å². The zero-order chi connectivity index (χ0) is 10.8. The Bertz CT molecular complexity index is 474. The molecule has 0 saturated heterocycles. The third-order valence-corrected chi connectivity index (χ3v) is 2.48. The van der Waals surface area contributed by atoms with Gasteiger partial charge >= 0.3 is 0 Å². The molecule has 0 unspecified atom stereocenters. The van der Waals surface area contributed by atoms with Crippen LogP contribution in [0.1, 0.15) is 11.1 Å². The predicted molar refractivity (Wildman–Crippen MR) is 59.2 cm³/mol. The van der Waals surface area contributed by atoms with Crippen molar-refractivity contribution < 1.29 is 4.74 Å². The topological polar surface area (TPSA) is 27.1 Å². The molecule has 2 aromatic rings. The molecule has 0 aliphatic rings. The van der Waals surface area contributed by atoms with Crippen LogP contribution >= 0.6 is 0 Å². The highest BCUT2D eigenvalue weighted by atomic mass is 16.5.